The second-order valence-corrected chi connectivity index (χ2v) is 9.08. The largest absolute Gasteiger partial charge is 0.279 e. The molecule has 0 bridgehead atoms. The summed E-state index contributed by atoms with van der Waals surface area (Å²) < 4.78 is 29.1. The zero-order chi connectivity index (χ0) is 20.3. The zero-order valence-electron chi connectivity index (χ0n) is 15.5. The third-order valence-corrected chi connectivity index (χ3v) is 6.52. The van der Waals surface area contributed by atoms with Crippen molar-refractivity contribution in [1.82, 2.24) is 4.98 Å². The van der Waals surface area contributed by atoms with Gasteiger partial charge < -0.3 is 0 Å². The quantitative estimate of drug-likeness (QED) is 0.344. The summed E-state index contributed by atoms with van der Waals surface area (Å²) in [5, 5.41) is 4.89. The summed E-state index contributed by atoms with van der Waals surface area (Å²) in [7, 11) is -3.69. The molecular weight excluding hydrogens is 404 g/mol. The Morgan fingerprint density at radius 1 is 0.966 bits per heavy atom. The molecule has 0 unspecified atom stereocenters. The Balaban J connectivity index is 1.53. The van der Waals surface area contributed by atoms with Crippen LogP contribution in [0, 0.1) is 6.92 Å². The Labute approximate surface area is 173 Å². The van der Waals surface area contributed by atoms with Crippen molar-refractivity contribution in [3.63, 3.8) is 0 Å². The van der Waals surface area contributed by atoms with Crippen LogP contribution in [0.15, 0.2) is 82.8 Å². The number of sulfonamides is 1. The number of nitrogens with one attached hydrogen (secondary N) is 2. The number of thiazole rings is 1. The first-order valence-corrected chi connectivity index (χ1v) is 11.1. The van der Waals surface area contributed by atoms with E-state index < -0.39 is 10.0 Å². The molecule has 3 aromatic carbocycles. The highest BCUT2D eigenvalue weighted by Gasteiger charge is 2.15. The van der Waals surface area contributed by atoms with E-state index in [9.17, 15) is 8.42 Å². The Hall–Kier alpha value is -3.23. The van der Waals surface area contributed by atoms with Gasteiger partial charge in [0, 0.05) is 5.56 Å². The van der Waals surface area contributed by atoms with Crippen LogP contribution in [0.4, 0.5) is 10.8 Å². The maximum Gasteiger partial charge on any atom is 0.261 e. The van der Waals surface area contributed by atoms with Crippen molar-refractivity contribution in [2.24, 2.45) is 5.10 Å². The van der Waals surface area contributed by atoms with Gasteiger partial charge in [-0.1, -0.05) is 59.4 Å². The number of hydrogen-bond acceptors (Lipinski definition) is 6. The molecule has 1 heterocycles. The van der Waals surface area contributed by atoms with Gasteiger partial charge in [0.25, 0.3) is 10.0 Å². The van der Waals surface area contributed by atoms with Crippen molar-refractivity contribution in [3.8, 4) is 0 Å². The molecule has 0 atom stereocenters. The van der Waals surface area contributed by atoms with Gasteiger partial charge in [0.2, 0.25) is 5.13 Å². The number of benzene rings is 3. The van der Waals surface area contributed by atoms with Crippen LogP contribution < -0.4 is 10.1 Å². The third-order valence-electron chi connectivity index (χ3n) is 4.19. The van der Waals surface area contributed by atoms with Gasteiger partial charge in [-0.25, -0.2) is 13.4 Å². The number of rotatable bonds is 6. The molecule has 0 spiro atoms. The fourth-order valence-electron chi connectivity index (χ4n) is 2.70. The maximum absolute atomic E-state index is 12.7. The van der Waals surface area contributed by atoms with Crippen molar-refractivity contribution in [2.45, 2.75) is 11.8 Å². The van der Waals surface area contributed by atoms with E-state index in [4.69, 9.17) is 0 Å². The lowest BCUT2D eigenvalue weighted by Gasteiger charge is -2.10. The maximum atomic E-state index is 12.7. The number of aromatic nitrogens is 1. The molecule has 0 aliphatic carbocycles. The van der Waals surface area contributed by atoms with E-state index >= 15 is 0 Å². The van der Waals surface area contributed by atoms with Gasteiger partial charge in [-0.3, -0.25) is 10.1 Å². The second-order valence-electron chi connectivity index (χ2n) is 6.36. The Morgan fingerprint density at radius 3 is 2.48 bits per heavy atom. The lowest BCUT2D eigenvalue weighted by Crippen LogP contribution is -2.14. The molecule has 0 saturated heterocycles. The molecule has 0 radical (unpaired) electrons. The van der Waals surface area contributed by atoms with Crippen LogP contribution in [-0.2, 0) is 10.0 Å². The minimum Gasteiger partial charge on any atom is -0.279 e. The normalized spacial score (nSPS) is 11.8. The fraction of sp³-hybridized carbons (Fsp3) is 0.0476. The first kappa shape index (κ1) is 19.1. The highest BCUT2D eigenvalue weighted by molar-refractivity contribution is 7.92. The zero-order valence-corrected chi connectivity index (χ0v) is 17.2. The molecule has 0 aliphatic heterocycles. The number of aryl methyl sites for hydroxylation is 1. The molecule has 8 heteroatoms. The van der Waals surface area contributed by atoms with Gasteiger partial charge in [0.05, 0.1) is 27.0 Å². The van der Waals surface area contributed by atoms with Crippen molar-refractivity contribution >= 4 is 48.6 Å². The average Bonchev–Trinajstić information content (AvgIpc) is 3.12. The van der Waals surface area contributed by atoms with Crippen molar-refractivity contribution < 1.29 is 8.42 Å². The third kappa shape index (κ3) is 4.44. The summed E-state index contributed by atoms with van der Waals surface area (Å²) in [6, 6.07) is 21.6. The minimum absolute atomic E-state index is 0.211. The molecule has 0 aliphatic rings. The SMILES string of the molecule is Cc1ccc(S(=O)(=O)Nc2ccccc2C=NNc2nc3ccccc3s2)cc1. The summed E-state index contributed by atoms with van der Waals surface area (Å²) >= 11 is 1.50. The number of para-hydroxylation sites is 2. The predicted molar refractivity (Wildman–Crippen MR) is 119 cm³/mol. The minimum atomic E-state index is -3.69. The lowest BCUT2D eigenvalue weighted by atomic mass is 10.2. The Morgan fingerprint density at radius 2 is 1.69 bits per heavy atom. The van der Waals surface area contributed by atoms with Crippen LogP contribution in [0.1, 0.15) is 11.1 Å². The van der Waals surface area contributed by atoms with Crippen LogP contribution in [0.3, 0.4) is 0 Å². The lowest BCUT2D eigenvalue weighted by molar-refractivity contribution is 0.601. The van der Waals surface area contributed by atoms with Crippen molar-refractivity contribution in [3.05, 3.63) is 83.9 Å². The molecular formula is C21H18N4O2S2. The molecule has 1 aromatic heterocycles. The van der Waals surface area contributed by atoms with Gasteiger partial charge in [0.15, 0.2) is 0 Å². The topological polar surface area (TPSA) is 83.5 Å². The van der Waals surface area contributed by atoms with Gasteiger partial charge >= 0.3 is 0 Å². The molecule has 6 nitrogen and oxygen atoms in total. The first-order chi connectivity index (χ1) is 14.0. The van der Waals surface area contributed by atoms with E-state index in [1.807, 2.05) is 37.3 Å². The number of nitrogens with zero attached hydrogens (tertiary/aromatic N) is 2. The van der Waals surface area contributed by atoms with Crippen LogP contribution in [0.5, 0.6) is 0 Å². The van der Waals surface area contributed by atoms with E-state index in [0.717, 1.165) is 15.8 Å². The first-order valence-electron chi connectivity index (χ1n) is 8.84. The number of hydrogen-bond donors (Lipinski definition) is 2. The molecule has 0 fully saturated rings. The summed E-state index contributed by atoms with van der Waals surface area (Å²) in [6.07, 6.45) is 1.57. The number of fused-ring (bicyclic) bond motifs is 1. The molecule has 146 valence electrons. The molecule has 4 rings (SSSR count). The number of hydrazone groups is 1. The van der Waals surface area contributed by atoms with Gasteiger partial charge in [-0.15, -0.1) is 0 Å². The summed E-state index contributed by atoms with van der Waals surface area (Å²) in [6.45, 7) is 1.91. The molecule has 0 amide bonds. The van der Waals surface area contributed by atoms with Gasteiger partial charge in [0.1, 0.15) is 0 Å². The average molecular weight is 423 g/mol. The van der Waals surface area contributed by atoms with Gasteiger partial charge in [-0.05, 0) is 37.3 Å². The van der Waals surface area contributed by atoms with E-state index in [0.29, 0.717) is 16.4 Å². The molecule has 0 saturated carbocycles. The highest BCUT2D eigenvalue weighted by Crippen LogP contribution is 2.25. The van der Waals surface area contributed by atoms with Gasteiger partial charge in [-0.2, -0.15) is 5.10 Å². The number of anilines is 2. The Kier molecular flexibility index (Phi) is 5.28. The predicted octanol–water partition coefficient (Wildman–Crippen LogP) is 4.85. The second kappa shape index (κ2) is 8.02. The van der Waals surface area contributed by atoms with E-state index in [1.165, 1.54) is 11.3 Å². The van der Waals surface area contributed by atoms with Crippen LogP contribution in [-0.4, -0.2) is 19.6 Å². The highest BCUT2D eigenvalue weighted by atomic mass is 32.2. The Bertz CT molecular complexity index is 1250. The van der Waals surface area contributed by atoms with Crippen LogP contribution in [0.25, 0.3) is 10.2 Å². The van der Waals surface area contributed by atoms with Crippen LogP contribution >= 0.6 is 11.3 Å². The van der Waals surface area contributed by atoms with E-state index in [1.54, 1.807) is 48.7 Å². The van der Waals surface area contributed by atoms with E-state index in [2.05, 4.69) is 20.2 Å². The summed E-state index contributed by atoms with van der Waals surface area (Å²) in [5.74, 6) is 0. The molecule has 2 N–H and O–H groups in total. The summed E-state index contributed by atoms with van der Waals surface area (Å²) in [5.41, 5.74) is 5.89. The van der Waals surface area contributed by atoms with Crippen LogP contribution in [0.2, 0.25) is 0 Å². The van der Waals surface area contributed by atoms with Crippen molar-refractivity contribution in [1.29, 1.82) is 0 Å². The molecule has 29 heavy (non-hydrogen) atoms. The standard InChI is InChI=1S/C21H18N4O2S2/c1-15-10-12-17(13-11-15)29(26,27)25-18-7-3-2-6-16(18)14-22-24-21-23-19-8-4-5-9-20(19)28-21/h2-14,25H,1H3,(H,23,24). The fourth-order valence-corrected chi connectivity index (χ4v) is 4.60. The smallest absolute Gasteiger partial charge is 0.261 e. The van der Waals surface area contributed by atoms with E-state index in [-0.39, 0.29) is 4.90 Å². The van der Waals surface area contributed by atoms with Crippen molar-refractivity contribution in [2.75, 3.05) is 10.1 Å². The summed E-state index contributed by atoms with van der Waals surface area (Å²) in [4.78, 5) is 4.67. The molecule has 4 aromatic rings. The monoisotopic (exact) mass is 422 g/mol.